The molecule has 1 aliphatic heterocycles. The Bertz CT molecular complexity index is 922. The highest BCUT2D eigenvalue weighted by Crippen LogP contribution is 2.29. The molecule has 1 saturated heterocycles. The van der Waals surface area contributed by atoms with Gasteiger partial charge in [0.15, 0.2) is 0 Å². The Morgan fingerprint density at radius 1 is 1.06 bits per heavy atom. The number of carbonyl (C=O) groups is 2. The zero-order valence-electron chi connectivity index (χ0n) is 19.9. The molecule has 186 valence electrons. The zero-order valence-corrected chi connectivity index (χ0v) is 21.6. The first-order valence-electron chi connectivity index (χ1n) is 11.9. The van der Waals surface area contributed by atoms with Crippen molar-refractivity contribution >= 4 is 33.4 Å². The monoisotopic (exact) mass is 499 g/mol. The molecule has 2 amide bonds. The number of ether oxygens (including phenoxy) is 1. The standard InChI is InChI=1S/C23H37N3O5S2/c1-22(2,3)31-21(28)25-23(12-6-4-5-7-13-23)17-24-19(27)16-18-10-11-20(32-18)33(29,30)26-14-8-9-15-26/h10-11H,4-9,12-17H2,1-3H3,(H,24,27)(H,25,28). The van der Waals surface area contributed by atoms with E-state index >= 15 is 0 Å². The molecule has 0 radical (unpaired) electrons. The molecule has 1 aromatic rings. The third-order valence-electron chi connectivity index (χ3n) is 6.08. The van der Waals surface area contributed by atoms with Crippen molar-refractivity contribution in [1.29, 1.82) is 0 Å². The maximum Gasteiger partial charge on any atom is 0.408 e. The SMILES string of the molecule is CC(C)(C)OC(=O)NC1(CNC(=O)Cc2ccc(S(=O)(=O)N3CCCC3)s2)CCCCCC1. The van der Waals surface area contributed by atoms with Crippen molar-refractivity contribution in [3.63, 3.8) is 0 Å². The number of nitrogens with one attached hydrogen (secondary N) is 2. The van der Waals surface area contributed by atoms with Crippen LogP contribution in [-0.2, 0) is 26.0 Å². The molecule has 0 bridgehead atoms. The van der Waals surface area contributed by atoms with E-state index in [4.69, 9.17) is 4.74 Å². The number of amides is 2. The average molecular weight is 500 g/mol. The van der Waals surface area contributed by atoms with E-state index in [-0.39, 0.29) is 12.3 Å². The fourth-order valence-electron chi connectivity index (χ4n) is 4.41. The molecule has 1 aromatic heterocycles. The summed E-state index contributed by atoms with van der Waals surface area (Å²) in [7, 11) is -3.47. The Balaban J connectivity index is 1.60. The summed E-state index contributed by atoms with van der Waals surface area (Å²) in [6.45, 7) is 6.93. The molecule has 33 heavy (non-hydrogen) atoms. The Hall–Kier alpha value is -1.65. The molecule has 1 saturated carbocycles. The fourth-order valence-corrected chi connectivity index (χ4v) is 7.43. The van der Waals surface area contributed by atoms with Crippen molar-refractivity contribution in [2.24, 2.45) is 0 Å². The lowest BCUT2D eigenvalue weighted by Crippen LogP contribution is -2.56. The minimum Gasteiger partial charge on any atom is -0.444 e. The third kappa shape index (κ3) is 7.42. The van der Waals surface area contributed by atoms with Crippen molar-refractivity contribution < 1.29 is 22.7 Å². The number of alkyl carbamates (subject to hydrolysis) is 1. The van der Waals surface area contributed by atoms with Crippen LogP contribution < -0.4 is 10.6 Å². The lowest BCUT2D eigenvalue weighted by molar-refractivity contribution is -0.120. The van der Waals surface area contributed by atoms with E-state index in [0.29, 0.717) is 28.7 Å². The van der Waals surface area contributed by atoms with Gasteiger partial charge in [-0.05, 0) is 58.6 Å². The van der Waals surface area contributed by atoms with E-state index in [9.17, 15) is 18.0 Å². The second kappa shape index (κ2) is 10.7. The van der Waals surface area contributed by atoms with Crippen molar-refractivity contribution in [2.45, 2.75) is 93.9 Å². The van der Waals surface area contributed by atoms with Crippen LogP contribution in [0.4, 0.5) is 4.79 Å². The van der Waals surface area contributed by atoms with Gasteiger partial charge in [-0.2, -0.15) is 4.31 Å². The molecule has 2 fully saturated rings. The second-order valence-corrected chi connectivity index (χ2v) is 13.4. The quantitative estimate of drug-likeness (QED) is 0.555. The summed E-state index contributed by atoms with van der Waals surface area (Å²) in [4.78, 5) is 25.9. The van der Waals surface area contributed by atoms with Gasteiger partial charge in [0.1, 0.15) is 9.81 Å². The van der Waals surface area contributed by atoms with Crippen LogP contribution in [0.5, 0.6) is 0 Å². The van der Waals surface area contributed by atoms with Gasteiger partial charge in [-0.3, -0.25) is 4.79 Å². The first-order valence-corrected chi connectivity index (χ1v) is 14.1. The summed E-state index contributed by atoms with van der Waals surface area (Å²) >= 11 is 1.16. The normalized spacial score (nSPS) is 19.6. The highest BCUT2D eigenvalue weighted by molar-refractivity contribution is 7.91. The van der Waals surface area contributed by atoms with Crippen molar-refractivity contribution in [3.05, 3.63) is 17.0 Å². The number of carbonyl (C=O) groups excluding carboxylic acids is 2. The minimum absolute atomic E-state index is 0.114. The predicted octanol–water partition coefficient (Wildman–Crippen LogP) is 3.81. The van der Waals surface area contributed by atoms with Crippen LogP contribution >= 0.6 is 11.3 Å². The van der Waals surface area contributed by atoms with Crippen LogP contribution in [0.25, 0.3) is 0 Å². The minimum atomic E-state index is -3.47. The first-order chi connectivity index (χ1) is 15.5. The van der Waals surface area contributed by atoms with E-state index in [1.807, 2.05) is 20.8 Å². The molecule has 2 N–H and O–H groups in total. The molecule has 3 rings (SSSR count). The average Bonchev–Trinajstić information content (AvgIpc) is 3.36. The van der Waals surface area contributed by atoms with Gasteiger partial charge in [-0.15, -0.1) is 11.3 Å². The number of rotatable bonds is 7. The number of hydrogen-bond donors (Lipinski definition) is 2. The number of nitrogens with zero attached hydrogens (tertiary/aromatic N) is 1. The summed E-state index contributed by atoms with van der Waals surface area (Å²) in [5.74, 6) is -0.184. The van der Waals surface area contributed by atoms with Gasteiger partial charge >= 0.3 is 6.09 Å². The first kappa shape index (κ1) is 26.0. The number of hydrogen-bond acceptors (Lipinski definition) is 6. The molecule has 2 aliphatic rings. The lowest BCUT2D eigenvalue weighted by atomic mass is 9.90. The molecular weight excluding hydrogens is 462 g/mol. The van der Waals surface area contributed by atoms with Gasteiger partial charge in [-0.25, -0.2) is 13.2 Å². The molecule has 8 nitrogen and oxygen atoms in total. The molecule has 0 spiro atoms. The van der Waals surface area contributed by atoms with E-state index < -0.39 is 27.3 Å². The van der Waals surface area contributed by atoms with Crippen molar-refractivity contribution in [2.75, 3.05) is 19.6 Å². The van der Waals surface area contributed by atoms with Gasteiger partial charge in [0.25, 0.3) is 10.0 Å². The van der Waals surface area contributed by atoms with Gasteiger partial charge < -0.3 is 15.4 Å². The maximum absolute atomic E-state index is 12.7. The van der Waals surface area contributed by atoms with E-state index in [1.54, 1.807) is 12.1 Å². The van der Waals surface area contributed by atoms with Crippen molar-refractivity contribution in [3.8, 4) is 0 Å². The van der Waals surface area contributed by atoms with Gasteiger partial charge in [-0.1, -0.05) is 25.7 Å². The zero-order chi connectivity index (χ0) is 24.1. The Morgan fingerprint density at radius 2 is 1.70 bits per heavy atom. The van der Waals surface area contributed by atoms with Gasteiger partial charge in [0.05, 0.1) is 12.0 Å². The molecule has 0 aromatic carbocycles. The Labute approximate surface area is 201 Å². The van der Waals surface area contributed by atoms with Crippen LogP contribution in [0.15, 0.2) is 16.3 Å². The predicted molar refractivity (Wildman–Crippen MR) is 129 cm³/mol. The van der Waals surface area contributed by atoms with Crippen LogP contribution in [0.1, 0.15) is 77.0 Å². The van der Waals surface area contributed by atoms with E-state index in [2.05, 4.69) is 10.6 Å². The van der Waals surface area contributed by atoms with Crippen LogP contribution in [0.2, 0.25) is 0 Å². The largest absolute Gasteiger partial charge is 0.444 e. The number of thiophene rings is 1. The molecule has 10 heteroatoms. The summed E-state index contributed by atoms with van der Waals surface area (Å²) in [5, 5.41) is 6.02. The smallest absolute Gasteiger partial charge is 0.408 e. The summed E-state index contributed by atoms with van der Waals surface area (Å²) in [6, 6.07) is 3.31. The highest BCUT2D eigenvalue weighted by atomic mass is 32.2. The molecular formula is C23H37N3O5S2. The fraction of sp³-hybridized carbons (Fsp3) is 0.739. The number of sulfonamides is 1. The molecule has 0 unspecified atom stereocenters. The molecule has 1 aliphatic carbocycles. The summed E-state index contributed by atoms with van der Waals surface area (Å²) in [5.41, 5.74) is -1.13. The van der Waals surface area contributed by atoms with Crippen LogP contribution in [0, 0.1) is 0 Å². The van der Waals surface area contributed by atoms with E-state index in [1.165, 1.54) is 4.31 Å². The Morgan fingerprint density at radius 3 is 2.30 bits per heavy atom. The topological polar surface area (TPSA) is 105 Å². The second-order valence-electron chi connectivity index (χ2n) is 10.1. The third-order valence-corrected chi connectivity index (χ3v) is 9.53. The highest BCUT2D eigenvalue weighted by Gasteiger charge is 2.35. The summed E-state index contributed by atoms with van der Waals surface area (Å²) in [6.07, 6.45) is 7.16. The molecule has 2 heterocycles. The van der Waals surface area contributed by atoms with E-state index in [0.717, 1.165) is 62.7 Å². The van der Waals surface area contributed by atoms with Crippen molar-refractivity contribution in [1.82, 2.24) is 14.9 Å². The van der Waals surface area contributed by atoms with Gasteiger partial charge in [0, 0.05) is 24.5 Å². The summed E-state index contributed by atoms with van der Waals surface area (Å²) < 4.78 is 32.7. The molecule has 0 atom stereocenters. The van der Waals surface area contributed by atoms with Gasteiger partial charge in [0.2, 0.25) is 5.91 Å². The lowest BCUT2D eigenvalue weighted by Gasteiger charge is -2.35. The van der Waals surface area contributed by atoms with Crippen LogP contribution in [-0.4, -0.2) is 55.5 Å². The maximum atomic E-state index is 12.7. The van der Waals surface area contributed by atoms with Crippen LogP contribution in [0.3, 0.4) is 0 Å². The Kier molecular flexibility index (Phi) is 8.45.